The molecule has 6 heteroatoms. The minimum atomic E-state index is -0.420. The Morgan fingerprint density at radius 1 is 1.50 bits per heavy atom. The fourth-order valence-electron chi connectivity index (χ4n) is 1.57. The van der Waals surface area contributed by atoms with E-state index in [0.717, 1.165) is 0 Å². The zero-order valence-corrected chi connectivity index (χ0v) is 9.95. The van der Waals surface area contributed by atoms with Crippen LogP contribution in [0.5, 0.6) is 0 Å². The molecule has 1 aliphatic rings. The summed E-state index contributed by atoms with van der Waals surface area (Å²) < 4.78 is 4.64. The molecule has 1 unspecified atom stereocenters. The van der Waals surface area contributed by atoms with Gasteiger partial charge in [0.25, 0.3) is 0 Å². The van der Waals surface area contributed by atoms with Gasteiger partial charge >= 0.3 is 12.0 Å². The second-order valence-electron chi connectivity index (χ2n) is 4.08. The molecule has 0 bridgehead atoms. The quantitative estimate of drug-likeness (QED) is 0.629. The maximum atomic E-state index is 11.7. The molecular weight excluding hydrogens is 210 g/mol. The molecule has 0 radical (unpaired) electrons. The number of hydrogen-bond donors (Lipinski definition) is 2. The Hall–Kier alpha value is -1.30. The van der Waals surface area contributed by atoms with E-state index in [4.69, 9.17) is 0 Å². The number of carbonyl (C=O) groups excluding carboxylic acids is 2. The van der Waals surface area contributed by atoms with Gasteiger partial charge in [0, 0.05) is 25.7 Å². The lowest BCUT2D eigenvalue weighted by Crippen LogP contribution is -2.58. The van der Waals surface area contributed by atoms with Gasteiger partial charge in [-0.15, -0.1) is 0 Å². The SMILES string of the molecule is COC(=O)C1CN(C(=O)NC(C)C)CCN1. The third-order valence-corrected chi connectivity index (χ3v) is 2.36. The summed E-state index contributed by atoms with van der Waals surface area (Å²) in [5, 5.41) is 5.81. The van der Waals surface area contributed by atoms with E-state index in [-0.39, 0.29) is 18.0 Å². The highest BCUT2D eigenvalue weighted by atomic mass is 16.5. The van der Waals surface area contributed by atoms with Crippen molar-refractivity contribution in [3.05, 3.63) is 0 Å². The maximum absolute atomic E-state index is 11.7. The van der Waals surface area contributed by atoms with Gasteiger partial charge in [-0.05, 0) is 13.8 Å². The number of ether oxygens (including phenoxy) is 1. The fourth-order valence-corrected chi connectivity index (χ4v) is 1.57. The molecule has 0 aromatic carbocycles. The molecule has 0 aromatic rings. The summed E-state index contributed by atoms with van der Waals surface area (Å²) in [7, 11) is 1.34. The topological polar surface area (TPSA) is 70.7 Å². The van der Waals surface area contributed by atoms with Crippen LogP contribution in [0.2, 0.25) is 0 Å². The number of amides is 2. The number of piperazine rings is 1. The van der Waals surface area contributed by atoms with Crippen LogP contribution in [0.1, 0.15) is 13.8 Å². The van der Waals surface area contributed by atoms with E-state index in [9.17, 15) is 9.59 Å². The summed E-state index contributed by atoms with van der Waals surface area (Å²) in [5.41, 5.74) is 0. The Balaban J connectivity index is 2.50. The van der Waals surface area contributed by atoms with Crippen molar-refractivity contribution in [2.45, 2.75) is 25.9 Å². The van der Waals surface area contributed by atoms with Crippen molar-refractivity contribution in [3.8, 4) is 0 Å². The van der Waals surface area contributed by atoms with Crippen LogP contribution in [-0.2, 0) is 9.53 Å². The van der Waals surface area contributed by atoms with Crippen LogP contribution < -0.4 is 10.6 Å². The molecule has 1 heterocycles. The lowest BCUT2D eigenvalue weighted by molar-refractivity contribution is -0.144. The molecule has 0 aliphatic carbocycles. The van der Waals surface area contributed by atoms with Crippen molar-refractivity contribution in [1.82, 2.24) is 15.5 Å². The molecule has 1 aliphatic heterocycles. The Bertz CT molecular complexity index is 268. The number of rotatable bonds is 2. The fraction of sp³-hybridized carbons (Fsp3) is 0.800. The van der Waals surface area contributed by atoms with Gasteiger partial charge in [-0.1, -0.05) is 0 Å². The molecule has 1 saturated heterocycles. The Morgan fingerprint density at radius 2 is 2.19 bits per heavy atom. The molecular formula is C10H19N3O3. The van der Waals surface area contributed by atoms with Gasteiger partial charge in [0.1, 0.15) is 6.04 Å². The zero-order chi connectivity index (χ0) is 12.1. The van der Waals surface area contributed by atoms with Crippen LogP contribution in [-0.4, -0.2) is 55.7 Å². The van der Waals surface area contributed by atoms with Crippen molar-refractivity contribution < 1.29 is 14.3 Å². The molecule has 1 atom stereocenters. The van der Waals surface area contributed by atoms with Crippen LogP contribution in [0.25, 0.3) is 0 Å². The van der Waals surface area contributed by atoms with Crippen molar-refractivity contribution in [2.75, 3.05) is 26.7 Å². The lowest BCUT2D eigenvalue weighted by atomic mass is 10.2. The second-order valence-corrected chi connectivity index (χ2v) is 4.08. The summed E-state index contributed by atoms with van der Waals surface area (Å²) >= 11 is 0. The third-order valence-electron chi connectivity index (χ3n) is 2.36. The first-order chi connectivity index (χ1) is 7.54. The Labute approximate surface area is 95.3 Å². The van der Waals surface area contributed by atoms with E-state index in [1.165, 1.54) is 7.11 Å². The number of urea groups is 1. The maximum Gasteiger partial charge on any atom is 0.324 e. The van der Waals surface area contributed by atoms with Crippen molar-refractivity contribution in [2.24, 2.45) is 0 Å². The van der Waals surface area contributed by atoms with Gasteiger partial charge in [0.2, 0.25) is 0 Å². The number of esters is 1. The van der Waals surface area contributed by atoms with E-state index in [0.29, 0.717) is 19.6 Å². The normalized spacial score (nSPS) is 20.8. The highest BCUT2D eigenvalue weighted by molar-refractivity contribution is 5.79. The molecule has 6 nitrogen and oxygen atoms in total. The smallest absolute Gasteiger partial charge is 0.324 e. The Morgan fingerprint density at radius 3 is 2.75 bits per heavy atom. The van der Waals surface area contributed by atoms with Gasteiger partial charge in [-0.25, -0.2) is 4.79 Å². The Kier molecular flexibility index (Phi) is 4.54. The number of methoxy groups -OCH3 is 1. The van der Waals surface area contributed by atoms with Gasteiger partial charge in [0.15, 0.2) is 0 Å². The number of hydrogen-bond acceptors (Lipinski definition) is 4. The van der Waals surface area contributed by atoms with Gasteiger partial charge in [-0.2, -0.15) is 0 Å². The van der Waals surface area contributed by atoms with Crippen molar-refractivity contribution in [1.29, 1.82) is 0 Å². The monoisotopic (exact) mass is 229 g/mol. The second kappa shape index (κ2) is 5.69. The van der Waals surface area contributed by atoms with Crippen LogP contribution in [0.3, 0.4) is 0 Å². The molecule has 1 fully saturated rings. The number of carbonyl (C=O) groups is 2. The van der Waals surface area contributed by atoms with E-state index in [1.807, 2.05) is 13.8 Å². The van der Waals surface area contributed by atoms with Crippen molar-refractivity contribution in [3.63, 3.8) is 0 Å². The first-order valence-electron chi connectivity index (χ1n) is 5.41. The average molecular weight is 229 g/mol. The number of nitrogens with zero attached hydrogens (tertiary/aromatic N) is 1. The van der Waals surface area contributed by atoms with E-state index in [2.05, 4.69) is 15.4 Å². The van der Waals surface area contributed by atoms with E-state index < -0.39 is 6.04 Å². The number of nitrogens with one attached hydrogen (secondary N) is 2. The highest BCUT2D eigenvalue weighted by Crippen LogP contribution is 2.01. The molecule has 2 N–H and O–H groups in total. The van der Waals surface area contributed by atoms with Gasteiger partial charge in [-0.3, -0.25) is 4.79 Å². The molecule has 16 heavy (non-hydrogen) atoms. The third kappa shape index (κ3) is 3.37. The summed E-state index contributed by atoms with van der Waals surface area (Å²) in [6, 6.07) is -0.457. The van der Waals surface area contributed by atoms with Crippen LogP contribution in [0, 0.1) is 0 Å². The predicted octanol–water partition coefficient (Wildman–Crippen LogP) is -0.449. The summed E-state index contributed by atoms with van der Waals surface area (Å²) in [4.78, 5) is 24.6. The van der Waals surface area contributed by atoms with E-state index in [1.54, 1.807) is 4.90 Å². The summed E-state index contributed by atoms with van der Waals surface area (Å²) in [5.74, 6) is -0.331. The molecule has 0 saturated carbocycles. The summed E-state index contributed by atoms with van der Waals surface area (Å²) in [6.07, 6.45) is 0. The zero-order valence-electron chi connectivity index (χ0n) is 9.95. The molecule has 92 valence electrons. The minimum absolute atomic E-state index is 0.0963. The highest BCUT2D eigenvalue weighted by Gasteiger charge is 2.28. The van der Waals surface area contributed by atoms with Crippen LogP contribution >= 0.6 is 0 Å². The largest absolute Gasteiger partial charge is 0.468 e. The lowest BCUT2D eigenvalue weighted by Gasteiger charge is -2.32. The molecule has 2 amide bonds. The molecule has 1 rings (SSSR count). The van der Waals surface area contributed by atoms with Gasteiger partial charge in [0.05, 0.1) is 7.11 Å². The van der Waals surface area contributed by atoms with E-state index >= 15 is 0 Å². The molecule has 0 aromatic heterocycles. The minimum Gasteiger partial charge on any atom is -0.468 e. The van der Waals surface area contributed by atoms with Crippen molar-refractivity contribution >= 4 is 12.0 Å². The molecule has 0 spiro atoms. The van der Waals surface area contributed by atoms with Crippen LogP contribution in [0.15, 0.2) is 0 Å². The summed E-state index contributed by atoms with van der Waals surface area (Å²) in [6.45, 7) is 5.36. The van der Waals surface area contributed by atoms with Gasteiger partial charge < -0.3 is 20.3 Å². The average Bonchev–Trinajstić information content (AvgIpc) is 2.27. The van der Waals surface area contributed by atoms with Crippen LogP contribution in [0.4, 0.5) is 4.79 Å². The first-order valence-corrected chi connectivity index (χ1v) is 5.41. The predicted molar refractivity (Wildman–Crippen MR) is 59.0 cm³/mol. The standard InChI is InChI=1S/C10H19N3O3/c1-7(2)12-10(15)13-5-4-11-8(6-13)9(14)16-3/h7-8,11H,4-6H2,1-3H3,(H,12,15). The first kappa shape index (κ1) is 12.8.